The Morgan fingerprint density at radius 1 is 1.12 bits per heavy atom. The Balaban J connectivity index is 0.000000765. The van der Waals surface area contributed by atoms with Crippen molar-refractivity contribution in [2.75, 3.05) is 6.16 Å². The van der Waals surface area contributed by atoms with Gasteiger partial charge in [0.1, 0.15) is 5.76 Å². The van der Waals surface area contributed by atoms with Crippen LogP contribution in [0, 0.1) is 5.41 Å². The van der Waals surface area contributed by atoms with Crippen LogP contribution in [0.3, 0.4) is 0 Å². The van der Waals surface area contributed by atoms with E-state index in [1.54, 1.807) is 18.2 Å². The third-order valence-corrected chi connectivity index (χ3v) is 7.27. The fraction of sp³-hybridized carbons (Fsp3) is 0.304. The average molecular weight is 370 g/mol. The highest BCUT2D eigenvalue weighted by Crippen LogP contribution is 2.58. The van der Waals surface area contributed by atoms with Crippen molar-refractivity contribution in [1.82, 2.24) is 0 Å². The van der Waals surface area contributed by atoms with Crippen molar-refractivity contribution in [2.24, 2.45) is 5.41 Å². The van der Waals surface area contributed by atoms with E-state index < -0.39 is 7.37 Å². The molecule has 2 rings (SSSR count). The Kier molecular flexibility index (Phi) is 8.11. The summed E-state index contributed by atoms with van der Waals surface area (Å²) in [6.45, 7) is 18.8. The molecule has 140 valence electrons. The minimum Gasteiger partial charge on any atom is -0.439 e. The first-order valence-corrected chi connectivity index (χ1v) is 10.7. The number of hydrogen-bond donors (Lipinski definition) is 0. The molecule has 0 aromatic heterocycles. The molecule has 3 heteroatoms. The summed E-state index contributed by atoms with van der Waals surface area (Å²) < 4.78 is 19.7. The molecule has 1 aliphatic rings. The van der Waals surface area contributed by atoms with Crippen LogP contribution in [0.25, 0.3) is 5.57 Å². The van der Waals surface area contributed by atoms with Crippen molar-refractivity contribution in [3.05, 3.63) is 85.7 Å². The van der Waals surface area contributed by atoms with Gasteiger partial charge in [-0.05, 0) is 30.0 Å². The summed E-state index contributed by atoms with van der Waals surface area (Å²) in [4.78, 5) is 0. The molecule has 1 aromatic rings. The number of rotatable bonds is 5. The highest BCUT2D eigenvalue weighted by molar-refractivity contribution is 7.67. The van der Waals surface area contributed by atoms with Gasteiger partial charge in [0, 0.05) is 11.7 Å². The van der Waals surface area contributed by atoms with E-state index in [9.17, 15) is 4.57 Å². The number of hydrogen-bond acceptors (Lipinski definition) is 2. The van der Waals surface area contributed by atoms with Gasteiger partial charge in [0.2, 0.25) is 0 Å². The molecular formula is C23H31O2P. The van der Waals surface area contributed by atoms with Crippen molar-refractivity contribution < 1.29 is 9.09 Å². The van der Waals surface area contributed by atoms with Gasteiger partial charge in [0.05, 0.1) is 5.30 Å². The van der Waals surface area contributed by atoms with Crippen LogP contribution in [-0.2, 0) is 9.09 Å². The van der Waals surface area contributed by atoms with Gasteiger partial charge >= 0.3 is 0 Å². The summed E-state index contributed by atoms with van der Waals surface area (Å²) in [7, 11) is -2.92. The molecule has 0 aliphatic carbocycles. The maximum absolute atomic E-state index is 13.6. The first kappa shape index (κ1) is 22.0. The maximum atomic E-state index is 13.6. The van der Waals surface area contributed by atoms with Crippen LogP contribution < -0.4 is 5.30 Å². The van der Waals surface area contributed by atoms with Crippen LogP contribution in [-0.4, -0.2) is 6.16 Å². The molecule has 2 nitrogen and oxygen atoms in total. The highest BCUT2D eigenvalue weighted by Gasteiger charge is 2.40. The van der Waals surface area contributed by atoms with Crippen molar-refractivity contribution in [3.8, 4) is 0 Å². The Hall–Kier alpha value is -2.05. The molecule has 1 aliphatic heterocycles. The number of fused-ring (bicyclic) bond motifs is 1. The lowest BCUT2D eigenvalue weighted by atomic mass is 9.93. The van der Waals surface area contributed by atoms with E-state index in [1.807, 2.05) is 43.3 Å². The molecule has 26 heavy (non-hydrogen) atoms. The standard InChI is InChI=1S/C19H25O2P.C4H6/c1-6-11-15-16-12-9-10-13-18(16)22(20,21-17(15)7-2)14-19(4,5)8-3;1-3-4-2/h6-7,9-13H,1,8,14H2,2-5H3;3-4H,1-2H2/b15-11-,17-7+;. The molecule has 0 fully saturated rings. The van der Waals surface area contributed by atoms with E-state index in [2.05, 4.69) is 40.5 Å². The molecule has 0 N–H and O–H groups in total. The maximum Gasteiger partial charge on any atom is 0.278 e. The summed E-state index contributed by atoms with van der Waals surface area (Å²) >= 11 is 0. The van der Waals surface area contributed by atoms with Gasteiger partial charge in [0.15, 0.2) is 0 Å². The van der Waals surface area contributed by atoms with Crippen LogP contribution in [0.5, 0.6) is 0 Å². The second-order valence-corrected chi connectivity index (χ2v) is 9.23. The normalized spacial score (nSPS) is 21.8. The predicted octanol–water partition coefficient (Wildman–Crippen LogP) is 6.89. The van der Waals surface area contributed by atoms with Gasteiger partial charge < -0.3 is 4.52 Å². The van der Waals surface area contributed by atoms with Crippen molar-refractivity contribution in [1.29, 1.82) is 0 Å². The Labute approximate surface area is 159 Å². The quantitative estimate of drug-likeness (QED) is 0.417. The van der Waals surface area contributed by atoms with Crippen LogP contribution in [0.1, 0.15) is 39.7 Å². The fourth-order valence-electron chi connectivity index (χ4n) is 2.68. The first-order chi connectivity index (χ1) is 12.3. The molecule has 0 amide bonds. The fourth-order valence-corrected chi connectivity index (χ4v) is 5.76. The summed E-state index contributed by atoms with van der Waals surface area (Å²) in [5.74, 6) is 0.689. The van der Waals surface area contributed by atoms with Gasteiger partial charge in [-0.15, -0.1) is 0 Å². The predicted molar refractivity (Wildman–Crippen MR) is 116 cm³/mol. The lowest BCUT2D eigenvalue weighted by molar-refractivity contribution is 0.362. The summed E-state index contributed by atoms with van der Waals surface area (Å²) in [5, 5.41) is 0.829. The lowest BCUT2D eigenvalue weighted by Crippen LogP contribution is -2.26. The Morgan fingerprint density at radius 3 is 2.23 bits per heavy atom. The second-order valence-electron chi connectivity index (χ2n) is 6.90. The van der Waals surface area contributed by atoms with E-state index in [-0.39, 0.29) is 5.41 Å². The molecule has 1 heterocycles. The van der Waals surface area contributed by atoms with Crippen molar-refractivity contribution >= 4 is 18.2 Å². The zero-order valence-electron chi connectivity index (χ0n) is 16.5. The van der Waals surface area contributed by atoms with E-state index in [0.717, 1.165) is 22.9 Å². The van der Waals surface area contributed by atoms with E-state index in [4.69, 9.17) is 4.52 Å². The third-order valence-electron chi connectivity index (χ3n) is 4.38. The average Bonchev–Trinajstić information content (AvgIpc) is 2.64. The number of allylic oxidation sites excluding steroid dienone is 6. The molecule has 1 unspecified atom stereocenters. The van der Waals surface area contributed by atoms with E-state index >= 15 is 0 Å². The molecule has 1 aromatic carbocycles. The Morgan fingerprint density at radius 2 is 1.73 bits per heavy atom. The van der Waals surface area contributed by atoms with Crippen LogP contribution in [0.2, 0.25) is 0 Å². The molecular weight excluding hydrogens is 339 g/mol. The lowest BCUT2D eigenvalue weighted by Gasteiger charge is -2.35. The number of benzene rings is 1. The minimum absolute atomic E-state index is 0.0266. The van der Waals surface area contributed by atoms with Crippen LogP contribution >= 0.6 is 7.37 Å². The van der Waals surface area contributed by atoms with E-state index in [0.29, 0.717) is 11.9 Å². The molecule has 0 saturated heterocycles. The molecule has 0 radical (unpaired) electrons. The van der Waals surface area contributed by atoms with Crippen molar-refractivity contribution in [2.45, 2.75) is 34.1 Å². The zero-order valence-corrected chi connectivity index (χ0v) is 17.4. The second kappa shape index (κ2) is 9.59. The van der Waals surface area contributed by atoms with Gasteiger partial charge in [-0.25, -0.2) is 0 Å². The molecule has 0 bridgehead atoms. The third kappa shape index (κ3) is 5.22. The summed E-state index contributed by atoms with van der Waals surface area (Å²) in [6, 6.07) is 7.86. The monoisotopic (exact) mass is 370 g/mol. The van der Waals surface area contributed by atoms with Gasteiger partial charge in [0.25, 0.3) is 7.37 Å². The van der Waals surface area contributed by atoms with E-state index in [1.165, 1.54) is 0 Å². The molecule has 1 atom stereocenters. The summed E-state index contributed by atoms with van der Waals surface area (Å²) in [5.41, 5.74) is 1.92. The Bertz CT molecular complexity index is 760. The van der Waals surface area contributed by atoms with Gasteiger partial charge in [-0.1, -0.05) is 89.4 Å². The topological polar surface area (TPSA) is 26.3 Å². The van der Waals surface area contributed by atoms with Gasteiger partial charge in [-0.2, -0.15) is 0 Å². The molecule has 0 spiro atoms. The minimum atomic E-state index is -2.92. The smallest absolute Gasteiger partial charge is 0.278 e. The van der Waals surface area contributed by atoms with Crippen LogP contribution in [0.4, 0.5) is 0 Å². The van der Waals surface area contributed by atoms with Crippen molar-refractivity contribution in [3.63, 3.8) is 0 Å². The van der Waals surface area contributed by atoms with Gasteiger partial charge in [-0.3, -0.25) is 4.57 Å². The SMILES string of the molecule is C=C/C=C1\C(=C/C)OP(=O)(CC(C)(C)CC)c2ccccc21.C=CC=C. The zero-order chi connectivity index (χ0) is 19.8. The largest absolute Gasteiger partial charge is 0.439 e. The van der Waals surface area contributed by atoms with Crippen LogP contribution in [0.15, 0.2) is 80.1 Å². The highest BCUT2D eigenvalue weighted by atomic mass is 31.2. The summed E-state index contributed by atoms with van der Waals surface area (Å²) in [6.07, 6.45) is 10.3. The molecule has 0 saturated carbocycles. The first-order valence-electron chi connectivity index (χ1n) is 8.90.